The molecule has 4 aromatic carbocycles. The molecule has 0 nitrogen and oxygen atoms in total. The molecule has 228 valence electrons. The molecule has 0 amide bonds. The van der Waals surface area contributed by atoms with E-state index in [9.17, 15) is 0 Å². The molecule has 0 N–H and O–H groups in total. The Kier molecular flexibility index (Phi) is 8.96. The van der Waals surface area contributed by atoms with Crippen molar-refractivity contribution in [1.82, 2.24) is 0 Å². The minimum absolute atomic E-state index is 0.128. The van der Waals surface area contributed by atoms with E-state index in [1.807, 2.05) is 0 Å². The van der Waals surface area contributed by atoms with E-state index in [2.05, 4.69) is 132 Å². The first-order chi connectivity index (χ1) is 20.8. The van der Waals surface area contributed by atoms with E-state index in [0.717, 1.165) is 19.3 Å². The van der Waals surface area contributed by atoms with Crippen molar-refractivity contribution < 1.29 is 17.9 Å². The van der Waals surface area contributed by atoms with Gasteiger partial charge in [0, 0.05) is 0 Å². The fourth-order valence-electron chi connectivity index (χ4n) is 7.37. The van der Waals surface area contributed by atoms with Crippen LogP contribution in [0.3, 0.4) is 0 Å². The van der Waals surface area contributed by atoms with E-state index in [1.54, 1.807) is 10.4 Å². The van der Waals surface area contributed by atoms with Gasteiger partial charge in [-0.3, -0.25) is 0 Å². The van der Waals surface area contributed by atoms with Crippen LogP contribution in [0.15, 0.2) is 78.4 Å². The summed E-state index contributed by atoms with van der Waals surface area (Å²) in [5.41, 5.74) is 11.3. The third-order valence-electron chi connectivity index (χ3n) is 9.83. The summed E-state index contributed by atoms with van der Waals surface area (Å²) in [6.45, 7) is 19.5. The van der Waals surface area contributed by atoms with E-state index in [-0.39, 0.29) is 3.63 Å². The van der Waals surface area contributed by atoms with Crippen LogP contribution in [0.4, 0.5) is 0 Å². The SMILES string of the molecule is CCCc1ccc2c(c1-c1cc([Si](C)(C)C)cc([Si](C)(C)C)c1)C=C(CC)[CH]2[Zr]([Cl])([Cl])[c]1cccc2c1[SiH2]c1ccccc1-2. The fraction of sp³-hybridized carbons (Fsp3) is 0.316. The molecule has 1 unspecified atom stereocenters. The first-order valence-corrected chi connectivity index (χ1v) is 33.8. The number of hydrogen-bond acceptors (Lipinski definition) is 0. The Morgan fingerprint density at radius 1 is 0.773 bits per heavy atom. The minimum atomic E-state index is -3.99. The zero-order chi connectivity index (χ0) is 31.6. The van der Waals surface area contributed by atoms with Gasteiger partial charge in [-0.05, 0) is 0 Å². The van der Waals surface area contributed by atoms with Gasteiger partial charge in [-0.2, -0.15) is 0 Å². The third kappa shape index (κ3) is 5.75. The average Bonchev–Trinajstić information content (AvgIpc) is 3.55. The molecule has 1 aliphatic carbocycles. The summed E-state index contributed by atoms with van der Waals surface area (Å²) < 4.78 is 1.45. The van der Waals surface area contributed by atoms with Crippen LogP contribution in [0.25, 0.3) is 28.3 Å². The van der Waals surface area contributed by atoms with Crippen LogP contribution in [0.2, 0.25) is 39.3 Å². The molecule has 0 saturated carbocycles. The summed E-state index contributed by atoms with van der Waals surface area (Å²) in [6.07, 6.45) is 5.69. The second kappa shape index (κ2) is 12.1. The van der Waals surface area contributed by atoms with Crippen LogP contribution in [-0.4, -0.2) is 25.7 Å². The van der Waals surface area contributed by atoms with Crippen LogP contribution in [-0.2, 0) is 24.3 Å². The Labute approximate surface area is 281 Å². The van der Waals surface area contributed by atoms with Crippen molar-refractivity contribution in [2.24, 2.45) is 0 Å². The molecule has 6 rings (SSSR count). The monoisotopic (exact) mass is 746 g/mol. The Morgan fingerprint density at radius 3 is 2.07 bits per heavy atom. The van der Waals surface area contributed by atoms with Gasteiger partial charge in [0.2, 0.25) is 0 Å². The van der Waals surface area contributed by atoms with E-state index in [0.29, 0.717) is 0 Å². The second-order valence-corrected chi connectivity index (χ2v) is 40.9. The molecule has 0 spiro atoms. The van der Waals surface area contributed by atoms with Gasteiger partial charge in [-0.25, -0.2) is 0 Å². The Hall–Kier alpha value is -1.27. The molecule has 0 aromatic heterocycles. The molecule has 44 heavy (non-hydrogen) atoms. The van der Waals surface area contributed by atoms with E-state index < -0.39 is 43.5 Å². The number of halogens is 2. The van der Waals surface area contributed by atoms with Crippen molar-refractivity contribution in [1.29, 1.82) is 0 Å². The number of aryl methyl sites for hydroxylation is 1. The van der Waals surface area contributed by atoms with Crippen molar-refractivity contribution in [2.45, 2.75) is 76.0 Å². The number of allylic oxidation sites excluding steroid dienone is 1. The summed E-state index contributed by atoms with van der Waals surface area (Å²) in [4.78, 5) is 0. The molecule has 0 bridgehead atoms. The molecular formula is C38H46Cl2Si3Zr. The standard InChI is InChI=1S/C26H37Si2.C12H9Si.2ClH.Zr/c1-9-11-20-12-13-21-14-19(10-2)15-25(21)26(20)22-16-23(27(3,4)5)18-24(17-22)28(6,7)8;1-3-7-11-9(5-1)10-6-2-4-8-12(10)13-11;;;/h12-18H,9-11H2,1-8H3;1-7H,13H2;2*1H;/q;;;;+2/p-2. The Morgan fingerprint density at radius 2 is 1.43 bits per heavy atom. The fourth-order valence-corrected chi connectivity index (χ4v) is 26.9. The number of benzene rings is 4. The van der Waals surface area contributed by atoms with Gasteiger partial charge in [-0.1, -0.05) is 0 Å². The van der Waals surface area contributed by atoms with Gasteiger partial charge in [-0.15, -0.1) is 0 Å². The maximum atomic E-state index is 7.93. The Balaban J connectivity index is 1.56. The van der Waals surface area contributed by atoms with Crippen LogP contribution < -0.4 is 24.0 Å². The number of fused-ring (bicyclic) bond motifs is 4. The normalized spacial score (nSPS) is 16.6. The predicted octanol–water partition coefficient (Wildman–Crippen LogP) is 8.13. The number of hydrogen-bond donors (Lipinski definition) is 0. The van der Waals surface area contributed by atoms with E-state index in [4.69, 9.17) is 17.0 Å². The quantitative estimate of drug-likeness (QED) is 0.141. The topological polar surface area (TPSA) is 0 Å². The Bertz CT molecular complexity index is 1760. The van der Waals surface area contributed by atoms with Crippen molar-refractivity contribution >= 4 is 72.8 Å². The maximum absolute atomic E-state index is 7.93. The average molecular weight is 749 g/mol. The van der Waals surface area contributed by atoms with Gasteiger partial charge in [0.25, 0.3) is 0 Å². The molecule has 0 saturated heterocycles. The van der Waals surface area contributed by atoms with Crippen LogP contribution in [0.1, 0.15) is 47.0 Å². The summed E-state index contributed by atoms with van der Waals surface area (Å²) in [5, 5.41) is 6.16. The molecule has 1 aliphatic heterocycles. The predicted molar refractivity (Wildman–Crippen MR) is 204 cm³/mol. The molecular weight excluding hydrogens is 703 g/mol. The van der Waals surface area contributed by atoms with Crippen molar-refractivity contribution in [3.05, 3.63) is 95.1 Å². The van der Waals surface area contributed by atoms with E-state index >= 15 is 0 Å². The van der Waals surface area contributed by atoms with Crippen LogP contribution in [0, 0.1) is 0 Å². The van der Waals surface area contributed by atoms with Gasteiger partial charge >= 0.3 is 284 Å². The summed E-state index contributed by atoms with van der Waals surface area (Å²) in [7, 11) is 12.2. The zero-order valence-electron chi connectivity index (χ0n) is 27.7. The van der Waals surface area contributed by atoms with Crippen molar-refractivity contribution in [2.75, 3.05) is 0 Å². The second-order valence-electron chi connectivity index (χ2n) is 14.9. The first kappa shape index (κ1) is 32.7. The molecule has 4 aromatic rings. The summed E-state index contributed by atoms with van der Waals surface area (Å²) >= 11 is -3.99. The molecule has 6 heteroatoms. The van der Waals surface area contributed by atoms with Gasteiger partial charge in [0.15, 0.2) is 0 Å². The molecule has 2 aliphatic rings. The van der Waals surface area contributed by atoms with Crippen LogP contribution in [0.5, 0.6) is 0 Å². The van der Waals surface area contributed by atoms with Crippen molar-refractivity contribution in [3.63, 3.8) is 0 Å². The first-order valence-electron chi connectivity index (χ1n) is 16.4. The zero-order valence-corrected chi connectivity index (χ0v) is 35.1. The van der Waals surface area contributed by atoms with Crippen molar-refractivity contribution in [3.8, 4) is 22.3 Å². The van der Waals surface area contributed by atoms with Gasteiger partial charge < -0.3 is 0 Å². The molecule has 1 atom stereocenters. The molecule has 1 heterocycles. The number of rotatable bonds is 8. The summed E-state index contributed by atoms with van der Waals surface area (Å²) in [6, 6.07) is 28.2. The molecule has 0 fully saturated rings. The van der Waals surface area contributed by atoms with Gasteiger partial charge in [0.1, 0.15) is 0 Å². The van der Waals surface area contributed by atoms with Gasteiger partial charge in [0.05, 0.1) is 0 Å². The van der Waals surface area contributed by atoms with E-state index in [1.165, 1.54) is 58.2 Å². The third-order valence-corrected chi connectivity index (χ3v) is 28.2. The summed E-state index contributed by atoms with van der Waals surface area (Å²) in [5.74, 6) is 0. The molecule has 0 radical (unpaired) electrons. The van der Waals surface area contributed by atoms with Crippen LogP contribution >= 0.6 is 17.0 Å².